The topological polar surface area (TPSA) is 150 Å². The molecule has 0 aliphatic rings. The number of benzene rings is 1. The number of amides is 2. The molecule has 0 aliphatic heterocycles. The summed E-state index contributed by atoms with van der Waals surface area (Å²) in [5, 5.41) is 24.3. The molecule has 4 rings (SSSR count). The number of carbonyl (C=O) groups excluding carboxylic acids is 2. The Balaban J connectivity index is 1.42. The van der Waals surface area contributed by atoms with E-state index in [1.165, 1.54) is 29.2 Å². The van der Waals surface area contributed by atoms with Gasteiger partial charge in [-0.3, -0.25) is 20.0 Å². The summed E-state index contributed by atoms with van der Waals surface area (Å²) in [6.45, 7) is 1.97. The third-order valence-electron chi connectivity index (χ3n) is 4.34. The molecule has 3 aromatic heterocycles. The average molecular weight is 558 g/mol. The largest absolute Gasteiger partial charge is 0.444 e. The Bertz CT molecular complexity index is 1390. The molecule has 0 spiro atoms. The van der Waals surface area contributed by atoms with Crippen molar-refractivity contribution in [3.63, 3.8) is 0 Å². The number of nitrogens with zero attached hydrogens (tertiary/aromatic N) is 4. The monoisotopic (exact) mass is 557 g/mol. The van der Waals surface area contributed by atoms with Crippen LogP contribution in [0.1, 0.15) is 34.6 Å². The number of aromatic nitrogens is 4. The number of aryl methyl sites for hydroxylation is 1. The van der Waals surface area contributed by atoms with Gasteiger partial charge in [0.1, 0.15) is 5.82 Å². The average Bonchev–Trinajstić information content (AvgIpc) is 3.56. The van der Waals surface area contributed by atoms with Crippen molar-refractivity contribution in [3.8, 4) is 6.07 Å². The number of H-pyrrole nitrogens is 1. The molecule has 1 aromatic carbocycles. The summed E-state index contributed by atoms with van der Waals surface area (Å²) in [4.78, 5) is 34.3. The molecule has 0 saturated heterocycles. The van der Waals surface area contributed by atoms with Crippen LogP contribution in [0.15, 0.2) is 54.9 Å². The van der Waals surface area contributed by atoms with Gasteiger partial charge in [-0.1, -0.05) is 6.92 Å². The van der Waals surface area contributed by atoms with Gasteiger partial charge in [0.25, 0.3) is 5.91 Å². The molecular formula is C21H16BrN7O3S2. The number of furan rings is 1. The van der Waals surface area contributed by atoms with Crippen LogP contribution in [0, 0.1) is 11.3 Å². The maximum atomic E-state index is 12.7. The first kappa shape index (κ1) is 23.7. The fraction of sp³-hybridized carbons (Fsp3) is 0.143. The van der Waals surface area contributed by atoms with E-state index in [0.29, 0.717) is 36.8 Å². The fourth-order valence-electron chi connectivity index (χ4n) is 2.77. The van der Waals surface area contributed by atoms with Crippen molar-refractivity contribution in [2.45, 2.75) is 29.8 Å². The maximum absolute atomic E-state index is 12.7. The van der Waals surface area contributed by atoms with E-state index in [9.17, 15) is 14.9 Å². The van der Waals surface area contributed by atoms with Crippen LogP contribution in [0.5, 0.6) is 0 Å². The second-order valence-electron chi connectivity index (χ2n) is 6.77. The number of hydrogen-bond donors (Lipinski definition) is 3. The van der Waals surface area contributed by atoms with Crippen LogP contribution < -0.4 is 10.6 Å². The van der Waals surface area contributed by atoms with Crippen molar-refractivity contribution >= 4 is 61.7 Å². The number of thiazole rings is 1. The van der Waals surface area contributed by atoms with E-state index in [1.807, 2.05) is 6.92 Å². The number of anilines is 2. The van der Waals surface area contributed by atoms with Gasteiger partial charge < -0.3 is 9.73 Å². The second-order valence-corrected chi connectivity index (χ2v) is 9.42. The second kappa shape index (κ2) is 10.6. The van der Waals surface area contributed by atoms with Gasteiger partial charge in [-0.25, -0.2) is 9.97 Å². The van der Waals surface area contributed by atoms with Crippen molar-refractivity contribution in [2.75, 3.05) is 10.6 Å². The lowest BCUT2D eigenvalue weighted by molar-refractivity contribution is -0.115. The molecule has 172 valence electrons. The number of halogens is 1. The Kier molecular flexibility index (Phi) is 7.41. The highest BCUT2D eigenvalue weighted by Crippen LogP contribution is 2.32. The summed E-state index contributed by atoms with van der Waals surface area (Å²) in [5.41, 5.74) is 1.38. The van der Waals surface area contributed by atoms with Crippen molar-refractivity contribution in [1.82, 2.24) is 20.2 Å². The molecule has 0 bridgehead atoms. The van der Waals surface area contributed by atoms with Crippen molar-refractivity contribution in [2.24, 2.45) is 0 Å². The summed E-state index contributed by atoms with van der Waals surface area (Å²) >= 11 is 5.63. The van der Waals surface area contributed by atoms with Crippen molar-refractivity contribution < 1.29 is 14.0 Å². The van der Waals surface area contributed by atoms with E-state index in [4.69, 9.17) is 4.42 Å². The molecule has 34 heavy (non-hydrogen) atoms. The predicted molar refractivity (Wildman–Crippen MR) is 130 cm³/mol. The van der Waals surface area contributed by atoms with Gasteiger partial charge in [0.05, 0.1) is 29.4 Å². The molecule has 2 amide bonds. The number of rotatable bonds is 8. The van der Waals surface area contributed by atoms with Gasteiger partial charge in [0.2, 0.25) is 11.1 Å². The molecule has 0 saturated carbocycles. The number of carbonyl (C=O) groups is 2. The lowest BCUT2D eigenvalue weighted by atomic mass is 10.2. The van der Waals surface area contributed by atoms with Gasteiger partial charge in [0.15, 0.2) is 15.6 Å². The number of hydrogen-bond acceptors (Lipinski definition) is 9. The van der Waals surface area contributed by atoms with E-state index < -0.39 is 5.91 Å². The van der Waals surface area contributed by atoms with Gasteiger partial charge in [-0.2, -0.15) is 5.26 Å². The van der Waals surface area contributed by atoms with Crippen LogP contribution in [-0.4, -0.2) is 32.0 Å². The van der Waals surface area contributed by atoms with Crippen LogP contribution in [0.25, 0.3) is 0 Å². The normalized spacial score (nSPS) is 10.6. The summed E-state index contributed by atoms with van der Waals surface area (Å²) in [7, 11) is 0. The van der Waals surface area contributed by atoms with E-state index in [2.05, 4.69) is 52.8 Å². The molecule has 3 heterocycles. The predicted octanol–water partition coefficient (Wildman–Crippen LogP) is 4.64. The Morgan fingerprint density at radius 3 is 2.82 bits per heavy atom. The van der Waals surface area contributed by atoms with Crippen LogP contribution in [-0.2, 0) is 17.6 Å². The van der Waals surface area contributed by atoms with Crippen LogP contribution in [0.3, 0.4) is 0 Å². The minimum atomic E-state index is -0.441. The first-order valence-corrected chi connectivity index (χ1v) is 12.4. The fourth-order valence-corrected chi connectivity index (χ4v) is 4.58. The van der Waals surface area contributed by atoms with Crippen LogP contribution >= 0.6 is 39.0 Å². The molecule has 0 radical (unpaired) electrons. The summed E-state index contributed by atoms with van der Waals surface area (Å²) < 4.78 is 5.66. The maximum Gasteiger partial charge on any atom is 0.293 e. The highest BCUT2D eigenvalue weighted by atomic mass is 79.9. The molecule has 0 fully saturated rings. The Hall–Kier alpha value is -3.47. The minimum Gasteiger partial charge on any atom is -0.444 e. The third-order valence-corrected chi connectivity index (χ3v) is 6.51. The highest BCUT2D eigenvalue weighted by molar-refractivity contribution is 9.10. The first-order chi connectivity index (χ1) is 16.4. The van der Waals surface area contributed by atoms with E-state index in [1.54, 1.807) is 29.6 Å². The minimum absolute atomic E-state index is 0.0137. The number of nitrogens with one attached hydrogen (secondary N) is 3. The van der Waals surface area contributed by atoms with Crippen LogP contribution in [0.4, 0.5) is 10.8 Å². The van der Waals surface area contributed by atoms with E-state index in [-0.39, 0.29) is 18.1 Å². The number of nitriles is 1. The molecule has 0 unspecified atom stereocenters. The Labute approximate surface area is 210 Å². The molecule has 13 heteroatoms. The van der Waals surface area contributed by atoms with Gasteiger partial charge in [-0.05, 0) is 58.0 Å². The highest BCUT2D eigenvalue weighted by Gasteiger charge is 2.16. The lowest BCUT2D eigenvalue weighted by Gasteiger charge is -2.09. The van der Waals surface area contributed by atoms with Gasteiger partial charge in [-0.15, -0.1) is 16.4 Å². The summed E-state index contributed by atoms with van der Waals surface area (Å²) in [5.74, 6) is 0.137. The molecule has 0 aliphatic carbocycles. The van der Waals surface area contributed by atoms with Gasteiger partial charge in [0, 0.05) is 16.7 Å². The molecule has 0 atom stereocenters. The number of aromatic amines is 1. The Morgan fingerprint density at radius 1 is 1.26 bits per heavy atom. The lowest BCUT2D eigenvalue weighted by Crippen LogP contribution is -2.15. The van der Waals surface area contributed by atoms with Gasteiger partial charge >= 0.3 is 0 Å². The standard InChI is InChI=1S/C21H16BrN7O3S2/c1-2-17-26-21(29-28-17)34-15-5-3-11(9-23)7-13(15)25-18(30)8-12-10-33-20(24-12)27-19(31)14-4-6-16(22)32-14/h3-7,10H,2,8H2,1H3,(H,25,30)(H,24,27,31)(H,26,28,29). The molecular weight excluding hydrogens is 542 g/mol. The quantitative estimate of drug-likeness (QED) is 0.283. The summed E-state index contributed by atoms with van der Waals surface area (Å²) in [6, 6.07) is 10.2. The zero-order valence-electron chi connectivity index (χ0n) is 17.6. The van der Waals surface area contributed by atoms with Crippen molar-refractivity contribution in [3.05, 3.63) is 63.2 Å². The van der Waals surface area contributed by atoms with Crippen LogP contribution in [0.2, 0.25) is 0 Å². The smallest absolute Gasteiger partial charge is 0.293 e. The zero-order valence-corrected chi connectivity index (χ0v) is 20.8. The molecule has 10 nitrogen and oxygen atoms in total. The molecule has 4 aromatic rings. The first-order valence-electron chi connectivity index (χ1n) is 9.87. The summed E-state index contributed by atoms with van der Waals surface area (Å²) in [6.07, 6.45) is 0.708. The van der Waals surface area contributed by atoms with Crippen molar-refractivity contribution in [1.29, 1.82) is 5.26 Å². The Morgan fingerprint density at radius 2 is 2.12 bits per heavy atom. The van der Waals surface area contributed by atoms with E-state index in [0.717, 1.165) is 12.2 Å². The molecule has 3 N–H and O–H groups in total. The SMILES string of the molecule is CCc1nc(Sc2ccc(C#N)cc2NC(=O)Cc2csc(NC(=O)c3ccc(Br)o3)n2)n[nH]1. The zero-order chi connectivity index (χ0) is 24.1. The van der Waals surface area contributed by atoms with E-state index >= 15 is 0 Å². The third kappa shape index (κ3) is 5.90.